The van der Waals surface area contributed by atoms with Crippen molar-refractivity contribution in [3.8, 4) is 16.9 Å². The van der Waals surface area contributed by atoms with Crippen molar-refractivity contribution in [1.82, 2.24) is 0 Å². The Labute approximate surface area is 147 Å². The zero-order valence-corrected chi connectivity index (χ0v) is 14.2. The van der Waals surface area contributed by atoms with Gasteiger partial charge >= 0.3 is 5.97 Å². The lowest BCUT2D eigenvalue weighted by atomic mass is 10.1. The standard InChI is InChI=1S/C21H22O4/c22-20(23)10-4-2-1-3-7-13-25-15-11-12-17-16-8-5-6-9-18(16)21(24)19(17)14-15/h5-6,8-9,11-12,14H,1-4,7,10,13H2,(H,22,23). The van der Waals surface area contributed by atoms with Crippen LogP contribution < -0.4 is 4.74 Å². The minimum Gasteiger partial charge on any atom is -0.494 e. The molecule has 0 atom stereocenters. The van der Waals surface area contributed by atoms with Crippen LogP contribution in [0.2, 0.25) is 0 Å². The number of ether oxygens (including phenoxy) is 1. The predicted octanol–water partition coefficient (Wildman–Crippen LogP) is 4.70. The van der Waals surface area contributed by atoms with Crippen molar-refractivity contribution < 1.29 is 19.4 Å². The molecule has 130 valence electrons. The summed E-state index contributed by atoms with van der Waals surface area (Å²) in [4.78, 5) is 22.9. The summed E-state index contributed by atoms with van der Waals surface area (Å²) in [5.41, 5.74) is 3.45. The van der Waals surface area contributed by atoms with E-state index in [1.165, 1.54) is 0 Å². The van der Waals surface area contributed by atoms with E-state index >= 15 is 0 Å². The zero-order chi connectivity index (χ0) is 17.6. The number of rotatable bonds is 9. The van der Waals surface area contributed by atoms with Gasteiger partial charge in [-0.15, -0.1) is 0 Å². The number of ketones is 1. The average Bonchev–Trinajstić information content (AvgIpc) is 2.90. The smallest absolute Gasteiger partial charge is 0.303 e. The first-order chi connectivity index (χ1) is 12.2. The van der Waals surface area contributed by atoms with Crippen LogP contribution in [0.4, 0.5) is 0 Å². The molecule has 0 aromatic heterocycles. The Balaban J connectivity index is 1.46. The molecular weight excluding hydrogens is 316 g/mol. The average molecular weight is 338 g/mol. The highest BCUT2D eigenvalue weighted by Gasteiger charge is 2.26. The van der Waals surface area contributed by atoms with E-state index in [0.717, 1.165) is 54.5 Å². The molecule has 0 heterocycles. The van der Waals surface area contributed by atoms with E-state index in [1.807, 2.05) is 42.5 Å². The number of fused-ring (bicyclic) bond motifs is 3. The lowest BCUT2D eigenvalue weighted by Crippen LogP contribution is -2.00. The number of carbonyl (C=O) groups is 2. The molecule has 0 bridgehead atoms. The highest BCUT2D eigenvalue weighted by atomic mass is 16.5. The molecule has 3 rings (SSSR count). The van der Waals surface area contributed by atoms with Crippen LogP contribution in [-0.2, 0) is 4.79 Å². The third kappa shape index (κ3) is 4.08. The maximum atomic E-state index is 12.5. The second kappa shape index (κ2) is 7.97. The third-order valence-corrected chi connectivity index (χ3v) is 4.50. The minimum atomic E-state index is -0.725. The normalized spacial score (nSPS) is 11.9. The first-order valence-electron chi connectivity index (χ1n) is 8.79. The summed E-state index contributed by atoms with van der Waals surface area (Å²) in [6.07, 6.45) is 4.91. The highest BCUT2D eigenvalue weighted by molar-refractivity contribution is 6.21. The molecule has 0 amide bonds. The summed E-state index contributed by atoms with van der Waals surface area (Å²) >= 11 is 0. The Morgan fingerprint density at radius 2 is 1.52 bits per heavy atom. The molecule has 0 fully saturated rings. The van der Waals surface area contributed by atoms with Gasteiger partial charge in [0.1, 0.15) is 5.75 Å². The maximum absolute atomic E-state index is 12.5. The van der Waals surface area contributed by atoms with Gasteiger partial charge in [0.25, 0.3) is 0 Å². The molecule has 0 spiro atoms. The summed E-state index contributed by atoms with van der Waals surface area (Å²) in [6, 6.07) is 13.4. The van der Waals surface area contributed by atoms with Gasteiger partial charge in [-0.1, -0.05) is 43.5 Å². The van der Waals surface area contributed by atoms with E-state index in [2.05, 4.69) is 0 Å². The summed E-state index contributed by atoms with van der Waals surface area (Å²) in [7, 11) is 0. The van der Waals surface area contributed by atoms with Crippen LogP contribution in [0.1, 0.15) is 54.4 Å². The van der Waals surface area contributed by atoms with Gasteiger partial charge in [0.2, 0.25) is 0 Å². The molecule has 0 saturated heterocycles. The predicted molar refractivity (Wildman–Crippen MR) is 96.1 cm³/mol. The molecule has 25 heavy (non-hydrogen) atoms. The highest BCUT2D eigenvalue weighted by Crippen LogP contribution is 2.38. The maximum Gasteiger partial charge on any atom is 0.303 e. The molecule has 0 saturated carbocycles. The molecule has 2 aromatic carbocycles. The molecule has 0 aliphatic heterocycles. The summed E-state index contributed by atoms with van der Waals surface area (Å²) in [5, 5.41) is 8.58. The first-order valence-corrected chi connectivity index (χ1v) is 8.79. The number of hydrogen-bond donors (Lipinski definition) is 1. The van der Waals surface area contributed by atoms with E-state index in [0.29, 0.717) is 12.2 Å². The van der Waals surface area contributed by atoms with Crippen molar-refractivity contribution in [2.24, 2.45) is 0 Å². The quantitative estimate of drug-likeness (QED) is 0.574. The molecule has 1 N–H and O–H groups in total. The number of carboxylic acid groups (broad SMARTS) is 1. The van der Waals surface area contributed by atoms with Gasteiger partial charge in [0.05, 0.1) is 6.61 Å². The van der Waals surface area contributed by atoms with Gasteiger partial charge in [-0.2, -0.15) is 0 Å². The van der Waals surface area contributed by atoms with E-state index in [9.17, 15) is 9.59 Å². The van der Waals surface area contributed by atoms with Gasteiger partial charge in [-0.05, 0) is 42.2 Å². The van der Waals surface area contributed by atoms with Gasteiger partial charge in [0.15, 0.2) is 5.78 Å². The number of carboxylic acids is 1. The summed E-state index contributed by atoms with van der Waals surface area (Å²) < 4.78 is 5.78. The number of aliphatic carboxylic acids is 1. The number of benzene rings is 2. The zero-order valence-electron chi connectivity index (χ0n) is 14.2. The Kier molecular flexibility index (Phi) is 5.49. The van der Waals surface area contributed by atoms with E-state index in [4.69, 9.17) is 9.84 Å². The van der Waals surface area contributed by atoms with Crippen LogP contribution in [-0.4, -0.2) is 23.5 Å². The van der Waals surface area contributed by atoms with Gasteiger partial charge in [-0.3, -0.25) is 9.59 Å². The number of carbonyl (C=O) groups excluding carboxylic acids is 1. The molecule has 1 aliphatic carbocycles. The van der Waals surface area contributed by atoms with Gasteiger partial charge < -0.3 is 9.84 Å². The fraction of sp³-hybridized carbons (Fsp3) is 0.333. The molecule has 0 radical (unpaired) electrons. The van der Waals surface area contributed by atoms with Crippen molar-refractivity contribution in [2.75, 3.05) is 6.61 Å². The Morgan fingerprint density at radius 3 is 2.32 bits per heavy atom. The molecule has 2 aromatic rings. The fourth-order valence-corrected chi connectivity index (χ4v) is 3.20. The van der Waals surface area contributed by atoms with Crippen LogP contribution in [0, 0.1) is 0 Å². The molecular formula is C21H22O4. The Hall–Kier alpha value is -2.62. The largest absolute Gasteiger partial charge is 0.494 e. The van der Waals surface area contributed by atoms with Crippen molar-refractivity contribution >= 4 is 11.8 Å². The number of hydrogen-bond acceptors (Lipinski definition) is 3. The lowest BCUT2D eigenvalue weighted by Gasteiger charge is -2.08. The molecule has 0 unspecified atom stereocenters. The molecule has 1 aliphatic rings. The molecule has 4 heteroatoms. The second-order valence-electron chi connectivity index (χ2n) is 6.34. The van der Waals surface area contributed by atoms with Crippen molar-refractivity contribution in [3.05, 3.63) is 53.6 Å². The summed E-state index contributed by atoms with van der Waals surface area (Å²) in [5.74, 6) is 0.0666. The monoisotopic (exact) mass is 338 g/mol. The van der Waals surface area contributed by atoms with E-state index < -0.39 is 5.97 Å². The second-order valence-corrected chi connectivity index (χ2v) is 6.34. The minimum absolute atomic E-state index is 0.0643. The van der Waals surface area contributed by atoms with E-state index in [-0.39, 0.29) is 12.2 Å². The van der Waals surface area contributed by atoms with Crippen molar-refractivity contribution in [2.45, 2.75) is 38.5 Å². The SMILES string of the molecule is O=C(O)CCCCCCCOc1ccc2c(c1)C(=O)c1ccccc1-2. The van der Waals surface area contributed by atoms with Crippen molar-refractivity contribution in [3.63, 3.8) is 0 Å². The van der Waals surface area contributed by atoms with Crippen LogP contribution in [0.25, 0.3) is 11.1 Å². The Bertz CT molecular complexity index is 779. The van der Waals surface area contributed by atoms with Crippen LogP contribution in [0.3, 0.4) is 0 Å². The Morgan fingerprint density at radius 1 is 0.840 bits per heavy atom. The van der Waals surface area contributed by atoms with E-state index in [1.54, 1.807) is 0 Å². The number of unbranched alkanes of at least 4 members (excludes halogenated alkanes) is 4. The van der Waals surface area contributed by atoms with Crippen LogP contribution in [0.15, 0.2) is 42.5 Å². The fourth-order valence-electron chi connectivity index (χ4n) is 3.20. The van der Waals surface area contributed by atoms with Gasteiger partial charge in [-0.25, -0.2) is 0 Å². The van der Waals surface area contributed by atoms with Crippen LogP contribution in [0.5, 0.6) is 5.75 Å². The molecule has 4 nitrogen and oxygen atoms in total. The topological polar surface area (TPSA) is 63.6 Å². The van der Waals surface area contributed by atoms with Gasteiger partial charge in [0, 0.05) is 17.5 Å². The third-order valence-electron chi connectivity index (χ3n) is 4.50. The summed E-state index contributed by atoms with van der Waals surface area (Å²) in [6.45, 7) is 0.610. The first kappa shape index (κ1) is 17.2. The lowest BCUT2D eigenvalue weighted by molar-refractivity contribution is -0.137. The van der Waals surface area contributed by atoms with Crippen molar-refractivity contribution in [1.29, 1.82) is 0 Å². The van der Waals surface area contributed by atoms with Crippen LogP contribution >= 0.6 is 0 Å².